The highest BCUT2D eigenvalue weighted by atomic mass is 32.1. The van der Waals surface area contributed by atoms with E-state index in [1.807, 2.05) is 42.5 Å². The van der Waals surface area contributed by atoms with Crippen LogP contribution in [-0.4, -0.2) is 27.1 Å². The van der Waals surface area contributed by atoms with Crippen molar-refractivity contribution in [3.05, 3.63) is 76.1 Å². The van der Waals surface area contributed by atoms with Gasteiger partial charge in [-0.1, -0.05) is 24.3 Å². The Hall–Kier alpha value is -3.45. The van der Waals surface area contributed by atoms with Crippen molar-refractivity contribution in [2.24, 2.45) is 5.92 Å². The van der Waals surface area contributed by atoms with Crippen LogP contribution < -0.4 is 24.8 Å². The summed E-state index contributed by atoms with van der Waals surface area (Å²) in [6, 6.07) is 15.7. The van der Waals surface area contributed by atoms with Crippen LogP contribution in [0.4, 0.5) is 11.4 Å². The largest absolute Gasteiger partial charge is 0.493 e. The highest BCUT2D eigenvalue weighted by molar-refractivity contribution is 7.10. The van der Waals surface area contributed by atoms with E-state index in [2.05, 4.69) is 28.2 Å². The van der Waals surface area contributed by atoms with E-state index in [-0.39, 0.29) is 23.7 Å². The van der Waals surface area contributed by atoms with E-state index in [4.69, 9.17) is 14.2 Å². The number of allylic oxidation sites excluding steroid dienone is 1. The van der Waals surface area contributed by atoms with Crippen LogP contribution >= 0.6 is 11.3 Å². The summed E-state index contributed by atoms with van der Waals surface area (Å²) >= 11 is 1.69. The molecule has 3 atom stereocenters. The highest BCUT2D eigenvalue weighted by Gasteiger charge is 2.40. The Labute approximate surface area is 197 Å². The van der Waals surface area contributed by atoms with Crippen LogP contribution in [0, 0.1) is 5.92 Å². The predicted octanol–water partition coefficient (Wildman–Crippen LogP) is 5.61. The molecule has 3 unspecified atom stereocenters. The summed E-state index contributed by atoms with van der Waals surface area (Å²) in [7, 11) is 4.78. The summed E-state index contributed by atoms with van der Waals surface area (Å²) in [5, 5.41) is 9.24. The van der Waals surface area contributed by atoms with Crippen LogP contribution in [-0.2, 0) is 4.79 Å². The van der Waals surface area contributed by atoms with Crippen LogP contribution in [0.25, 0.3) is 0 Å². The maximum atomic E-state index is 13.7. The molecular formula is C26H26N2O4S. The van der Waals surface area contributed by atoms with Gasteiger partial charge in [0.1, 0.15) is 5.78 Å². The number of hydrogen-bond donors (Lipinski definition) is 2. The number of rotatable bonds is 5. The van der Waals surface area contributed by atoms with Gasteiger partial charge in [-0.15, -0.1) is 11.3 Å². The fourth-order valence-corrected chi connectivity index (χ4v) is 5.54. The quantitative estimate of drug-likeness (QED) is 0.514. The number of ketones is 1. The second kappa shape index (κ2) is 8.83. The number of methoxy groups -OCH3 is 3. The van der Waals surface area contributed by atoms with Crippen LogP contribution in [0.2, 0.25) is 0 Å². The first-order chi connectivity index (χ1) is 16.1. The standard InChI is InChI=1S/C26H26N2O4S/c1-30-21-13-16(14-22(31-2)26(21)32-3)25-24-19(27-17-7-4-5-8-18(17)28-25)11-15(12-20(24)29)23-9-6-10-33-23/h4-11,13-15,24-25,27-28H,12H2,1-3H3. The van der Waals surface area contributed by atoms with Crippen LogP contribution in [0.15, 0.2) is 65.7 Å². The van der Waals surface area contributed by atoms with Gasteiger partial charge in [0.25, 0.3) is 0 Å². The summed E-state index contributed by atoms with van der Waals surface area (Å²) in [6.45, 7) is 0. The van der Waals surface area contributed by atoms with Crippen LogP contribution in [0.1, 0.15) is 28.8 Å². The SMILES string of the molecule is COc1cc(C2Nc3ccccc3NC3=CC(c4cccs4)CC(=O)C32)cc(OC)c1OC. The first-order valence-electron chi connectivity index (χ1n) is 10.8. The molecule has 2 N–H and O–H groups in total. The molecule has 33 heavy (non-hydrogen) atoms. The van der Waals surface area contributed by atoms with Gasteiger partial charge in [0, 0.05) is 22.9 Å². The summed E-state index contributed by atoms with van der Waals surface area (Å²) in [5.74, 6) is 1.53. The van der Waals surface area contributed by atoms with Crippen molar-refractivity contribution < 1.29 is 19.0 Å². The maximum Gasteiger partial charge on any atom is 0.203 e. The third kappa shape index (κ3) is 3.82. The first-order valence-corrected chi connectivity index (χ1v) is 11.7. The van der Waals surface area contributed by atoms with E-state index in [0.29, 0.717) is 23.7 Å². The molecule has 0 bridgehead atoms. The number of thiophene rings is 1. The number of fused-ring (bicyclic) bond motifs is 2. The Morgan fingerprint density at radius 2 is 1.67 bits per heavy atom. The minimum Gasteiger partial charge on any atom is -0.493 e. The molecule has 2 aromatic carbocycles. The fourth-order valence-electron chi connectivity index (χ4n) is 4.75. The van der Waals surface area contributed by atoms with Gasteiger partial charge in [-0.05, 0) is 41.3 Å². The van der Waals surface area contributed by atoms with Crippen molar-refractivity contribution in [1.29, 1.82) is 0 Å². The summed E-state index contributed by atoms with van der Waals surface area (Å²) < 4.78 is 16.7. The number of para-hydroxylation sites is 2. The minimum atomic E-state index is -0.378. The van der Waals surface area contributed by atoms with Gasteiger partial charge in [0.2, 0.25) is 5.75 Å². The molecular weight excluding hydrogens is 436 g/mol. The first kappa shape index (κ1) is 21.4. The lowest BCUT2D eigenvalue weighted by Crippen LogP contribution is -2.33. The molecule has 0 radical (unpaired) electrons. The van der Waals surface area contributed by atoms with E-state index >= 15 is 0 Å². The molecule has 2 heterocycles. The average Bonchev–Trinajstić information content (AvgIpc) is 3.32. The lowest BCUT2D eigenvalue weighted by Gasteiger charge is -2.32. The third-order valence-corrected chi connectivity index (χ3v) is 7.29. The predicted molar refractivity (Wildman–Crippen MR) is 131 cm³/mol. The topological polar surface area (TPSA) is 68.8 Å². The molecule has 6 nitrogen and oxygen atoms in total. The number of carbonyl (C=O) groups is 1. The second-order valence-electron chi connectivity index (χ2n) is 8.14. The van der Waals surface area contributed by atoms with E-state index in [0.717, 1.165) is 22.6 Å². The Morgan fingerprint density at radius 3 is 2.30 bits per heavy atom. The molecule has 0 amide bonds. The zero-order valence-corrected chi connectivity index (χ0v) is 19.6. The van der Waals surface area contributed by atoms with Gasteiger partial charge in [-0.3, -0.25) is 4.79 Å². The van der Waals surface area contributed by atoms with Gasteiger partial charge in [0.15, 0.2) is 11.5 Å². The summed E-state index contributed by atoms with van der Waals surface area (Å²) in [4.78, 5) is 14.9. The van der Waals surface area contributed by atoms with Crippen LogP contribution in [0.5, 0.6) is 17.2 Å². The van der Waals surface area contributed by atoms with Crippen molar-refractivity contribution in [3.8, 4) is 17.2 Å². The van der Waals surface area contributed by atoms with E-state index in [9.17, 15) is 4.79 Å². The zero-order chi connectivity index (χ0) is 22.9. The van der Waals surface area contributed by atoms with Gasteiger partial charge in [-0.25, -0.2) is 0 Å². The minimum absolute atomic E-state index is 0.0714. The molecule has 2 aliphatic rings. The summed E-state index contributed by atoms with van der Waals surface area (Å²) in [5.41, 5.74) is 3.69. The van der Waals surface area contributed by atoms with Gasteiger partial charge >= 0.3 is 0 Å². The average molecular weight is 463 g/mol. The Morgan fingerprint density at radius 1 is 0.939 bits per heavy atom. The molecule has 1 aromatic heterocycles. The van der Waals surface area contributed by atoms with Crippen molar-refractivity contribution in [2.75, 3.05) is 32.0 Å². The van der Waals surface area contributed by atoms with Crippen molar-refractivity contribution in [3.63, 3.8) is 0 Å². The van der Waals surface area contributed by atoms with E-state index in [1.165, 1.54) is 4.88 Å². The highest BCUT2D eigenvalue weighted by Crippen LogP contribution is 2.47. The van der Waals surface area contributed by atoms with Crippen molar-refractivity contribution >= 4 is 28.5 Å². The van der Waals surface area contributed by atoms with Crippen molar-refractivity contribution in [2.45, 2.75) is 18.4 Å². The van der Waals surface area contributed by atoms with Crippen LogP contribution in [0.3, 0.4) is 0 Å². The van der Waals surface area contributed by atoms with E-state index in [1.54, 1.807) is 32.7 Å². The second-order valence-corrected chi connectivity index (χ2v) is 9.12. The van der Waals surface area contributed by atoms with E-state index < -0.39 is 0 Å². The monoisotopic (exact) mass is 462 g/mol. The lowest BCUT2D eigenvalue weighted by molar-refractivity contribution is -0.122. The fraction of sp³-hybridized carbons (Fsp3) is 0.269. The number of benzene rings is 2. The molecule has 7 heteroatoms. The normalized spacial score (nSPS) is 21.5. The van der Waals surface area contributed by atoms with Gasteiger partial charge in [-0.2, -0.15) is 0 Å². The number of hydrogen-bond acceptors (Lipinski definition) is 7. The lowest BCUT2D eigenvalue weighted by atomic mass is 9.78. The Bertz CT molecular complexity index is 1180. The Kier molecular flexibility index (Phi) is 5.72. The smallest absolute Gasteiger partial charge is 0.203 e. The number of ether oxygens (including phenoxy) is 3. The molecule has 1 aliphatic carbocycles. The molecule has 170 valence electrons. The molecule has 3 aromatic rings. The van der Waals surface area contributed by atoms with Gasteiger partial charge in [0.05, 0.1) is 44.7 Å². The zero-order valence-electron chi connectivity index (χ0n) is 18.8. The summed E-state index contributed by atoms with van der Waals surface area (Å²) in [6.07, 6.45) is 2.68. The number of Topliss-reactive ketones (excluding diaryl/α,β-unsaturated/α-hetero) is 1. The number of anilines is 2. The molecule has 0 fully saturated rings. The van der Waals surface area contributed by atoms with Crippen molar-refractivity contribution in [1.82, 2.24) is 0 Å². The molecule has 0 spiro atoms. The molecule has 0 saturated heterocycles. The molecule has 1 aliphatic heterocycles. The Balaban J connectivity index is 1.66. The maximum absolute atomic E-state index is 13.7. The molecule has 5 rings (SSSR count). The van der Waals surface area contributed by atoms with Gasteiger partial charge < -0.3 is 24.8 Å². The third-order valence-electron chi connectivity index (χ3n) is 6.29. The number of nitrogens with one attached hydrogen (secondary N) is 2. The molecule has 0 saturated carbocycles. The number of carbonyl (C=O) groups excluding carboxylic acids is 1.